The molecule has 0 heterocycles. The van der Waals surface area contributed by atoms with Gasteiger partial charge in [-0.2, -0.15) is 0 Å². The fourth-order valence-electron chi connectivity index (χ4n) is 2.36. The standard InChI is InChI=1S/C20H25ClN2O4S/c1-15-12-16(5-10-20(15)21)4-3-11-23-13-17(24)14-27-18-6-8-19(9-7-18)28(22,25)26-2/h3-10,12,17,22-24H,11,13-14H2,1-2H3/b4-3+. The van der Waals surface area contributed by atoms with E-state index in [1.807, 2.05) is 37.3 Å². The molecule has 6 nitrogen and oxygen atoms in total. The van der Waals surface area contributed by atoms with E-state index in [-0.39, 0.29) is 11.5 Å². The van der Waals surface area contributed by atoms with E-state index >= 15 is 0 Å². The molecular weight excluding hydrogens is 400 g/mol. The first-order chi connectivity index (χ1) is 13.3. The fourth-order valence-corrected chi connectivity index (χ4v) is 3.17. The number of ether oxygens (including phenoxy) is 1. The smallest absolute Gasteiger partial charge is 0.190 e. The highest BCUT2D eigenvalue weighted by Crippen LogP contribution is 2.18. The van der Waals surface area contributed by atoms with Crippen molar-refractivity contribution in [1.82, 2.24) is 5.32 Å². The third kappa shape index (κ3) is 6.92. The Morgan fingerprint density at radius 2 is 2.00 bits per heavy atom. The Morgan fingerprint density at radius 3 is 2.64 bits per heavy atom. The van der Waals surface area contributed by atoms with Crippen molar-refractivity contribution >= 4 is 27.7 Å². The molecule has 0 aliphatic heterocycles. The highest BCUT2D eigenvalue weighted by molar-refractivity contribution is 7.87. The molecule has 0 saturated heterocycles. The van der Waals surface area contributed by atoms with Crippen molar-refractivity contribution in [2.75, 3.05) is 26.8 Å². The van der Waals surface area contributed by atoms with Crippen molar-refractivity contribution in [2.45, 2.75) is 17.9 Å². The topological polar surface area (TPSA) is 91.6 Å². The molecule has 8 heteroatoms. The normalized spacial score (nSPS) is 14.7. The predicted molar refractivity (Wildman–Crippen MR) is 112 cm³/mol. The van der Waals surface area contributed by atoms with E-state index in [0.29, 0.717) is 18.8 Å². The molecule has 28 heavy (non-hydrogen) atoms. The lowest BCUT2D eigenvalue weighted by Crippen LogP contribution is -2.31. The first-order valence-electron chi connectivity index (χ1n) is 8.70. The SMILES string of the molecule is COS(=N)(=O)c1ccc(OCC(O)CNC/C=C/c2ccc(Cl)c(C)c2)cc1. The third-order valence-electron chi connectivity index (χ3n) is 3.95. The molecule has 2 aromatic carbocycles. The number of aliphatic hydroxyl groups excluding tert-OH is 1. The summed E-state index contributed by atoms with van der Waals surface area (Å²) in [5.74, 6) is 0.520. The summed E-state index contributed by atoms with van der Waals surface area (Å²) in [4.78, 5) is 0.271. The average molecular weight is 425 g/mol. The van der Waals surface area contributed by atoms with Crippen LogP contribution in [0.4, 0.5) is 0 Å². The van der Waals surface area contributed by atoms with Gasteiger partial charge >= 0.3 is 0 Å². The van der Waals surface area contributed by atoms with E-state index in [0.717, 1.165) is 16.1 Å². The molecule has 2 unspecified atom stereocenters. The van der Waals surface area contributed by atoms with Crippen LogP contribution in [0, 0.1) is 11.7 Å². The summed E-state index contributed by atoms with van der Waals surface area (Å²) in [6.07, 6.45) is 3.29. The molecule has 152 valence electrons. The van der Waals surface area contributed by atoms with Crippen LogP contribution in [0.1, 0.15) is 11.1 Å². The molecule has 0 aliphatic carbocycles. The van der Waals surface area contributed by atoms with Gasteiger partial charge in [0.15, 0.2) is 10.0 Å². The number of aliphatic hydroxyl groups is 1. The second-order valence-corrected chi connectivity index (χ2v) is 8.39. The molecule has 2 atom stereocenters. The van der Waals surface area contributed by atoms with Crippen LogP contribution in [0.2, 0.25) is 5.02 Å². The predicted octanol–water partition coefficient (Wildman–Crippen LogP) is 3.66. The zero-order chi connectivity index (χ0) is 20.6. The van der Waals surface area contributed by atoms with Gasteiger partial charge < -0.3 is 15.2 Å². The molecule has 0 fully saturated rings. The molecular formula is C20H25ClN2O4S. The van der Waals surface area contributed by atoms with Gasteiger partial charge in [0.1, 0.15) is 18.5 Å². The average Bonchev–Trinajstić information content (AvgIpc) is 2.69. The zero-order valence-corrected chi connectivity index (χ0v) is 17.4. The minimum Gasteiger partial charge on any atom is -0.491 e. The maximum Gasteiger partial charge on any atom is 0.190 e. The van der Waals surface area contributed by atoms with Crippen LogP contribution in [0.25, 0.3) is 6.08 Å². The van der Waals surface area contributed by atoms with Gasteiger partial charge in [-0.1, -0.05) is 35.9 Å². The second-order valence-electron chi connectivity index (χ2n) is 6.18. The van der Waals surface area contributed by atoms with Gasteiger partial charge in [-0.05, 0) is 48.4 Å². The zero-order valence-electron chi connectivity index (χ0n) is 15.9. The van der Waals surface area contributed by atoms with Crippen LogP contribution in [-0.2, 0) is 14.2 Å². The van der Waals surface area contributed by atoms with E-state index in [1.165, 1.54) is 19.2 Å². The van der Waals surface area contributed by atoms with E-state index < -0.39 is 16.1 Å². The van der Waals surface area contributed by atoms with Crippen LogP contribution in [0.5, 0.6) is 5.75 Å². The first-order valence-corrected chi connectivity index (χ1v) is 10.6. The fraction of sp³-hybridized carbons (Fsp3) is 0.300. The van der Waals surface area contributed by atoms with Crippen LogP contribution in [-0.4, -0.2) is 42.2 Å². The van der Waals surface area contributed by atoms with Crippen molar-refractivity contribution in [3.63, 3.8) is 0 Å². The monoisotopic (exact) mass is 424 g/mol. The van der Waals surface area contributed by atoms with Crippen LogP contribution < -0.4 is 10.1 Å². The Bertz CT molecular complexity index is 899. The summed E-state index contributed by atoms with van der Waals surface area (Å²) < 4.78 is 29.5. The molecule has 0 saturated carbocycles. The summed E-state index contributed by atoms with van der Waals surface area (Å²) in [5, 5.41) is 13.9. The minimum absolute atomic E-state index is 0.118. The van der Waals surface area contributed by atoms with Crippen LogP contribution >= 0.6 is 11.6 Å². The van der Waals surface area contributed by atoms with Gasteiger partial charge in [0.2, 0.25) is 0 Å². The van der Waals surface area contributed by atoms with Crippen molar-refractivity contribution in [2.24, 2.45) is 0 Å². The van der Waals surface area contributed by atoms with Crippen LogP contribution in [0.3, 0.4) is 0 Å². The summed E-state index contributed by atoms with van der Waals surface area (Å²) in [5.41, 5.74) is 2.10. The molecule has 0 aromatic heterocycles. The number of benzene rings is 2. The lowest BCUT2D eigenvalue weighted by molar-refractivity contribution is 0.107. The van der Waals surface area contributed by atoms with Gasteiger partial charge in [0.05, 0.1) is 12.0 Å². The Kier molecular flexibility index (Phi) is 8.47. The largest absolute Gasteiger partial charge is 0.491 e. The maximum absolute atomic E-state index is 11.8. The third-order valence-corrected chi connectivity index (χ3v) is 5.73. The second kappa shape index (κ2) is 10.6. The number of hydrogen-bond donors (Lipinski definition) is 3. The molecule has 0 radical (unpaired) electrons. The Balaban J connectivity index is 1.70. The quantitative estimate of drug-likeness (QED) is 0.506. The molecule has 2 aromatic rings. The van der Waals surface area contributed by atoms with Crippen molar-refractivity contribution in [3.8, 4) is 5.75 Å². The summed E-state index contributed by atoms with van der Waals surface area (Å²) in [6.45, 7) is 3.08. The number of aryl methyl sites for hydroxylation is 1. The number of halogens is 1. The summed E-state index contributed by atoms with van der Waals surface area (Å²) >= 11 is 6.00. The van der Waals surface area contributed by atoms with E-state index in [9.17, 15) is 9.32 Å². The van der Waals surface area contributed by atoms with Gasteiger partial charge in [-0.3, -0.25) is 4.18 Å². The Morgan fingerprint density at radius 1 is 1.29 bits per heavy atom. The van der Waals surface area contributed by atoms with Gasteiger partial charge in [-0.15, -0.1) is 0 Å². The van der Waals surface area contributed by atoms with E-state index in [2.05, 4.69) is 9.50 Å². The number of rotatable bonds is 10. The lowest BCUT2D eigenvalue weighted by atomic mass is 10.1. The Labute approximate surface area is 171 Å². The molecule has 0 bridgehead atoms. The summed E-state index contributed by atoms with van der Waals surface area (Å²) in [6, 6.07) is 12.1. The highest BCUT2D eigenvalue weighted by atomic mass is 35.5. The number of nitrogens with one attached hydrogen (secondary N) is 2. The molecule has 0 spiro atoms. The van der Waals surface area contributed by atoms with Crippen LogP contribution in [0.15, 0.2) is 53.4 Å². The lowest BCUT2D eigenvalue weighted by Gasteiger charge is -2.13. The Hall–Kier alpha value is -1.90. The highest BCUT2D eigenvalue weighted by Gasteiger charge is 2.09. The molecule has 2 rings (SSSR count). The summed E-state index contributed by atoms with van der Waals surface area (Å²) in [7, 11) is -1.99. The van der Waals surface area contributed by atoms with Gasteiger partial charge in [0, 0.05) is 18.1 Å². The van der Waals surface area contributed by atoms with E-state index in [1.54, 1.807) is 12.1 Å². The van der Waals surface area contributed by atoms with Gasteiger partial charge in [0.25, 0.3) is 0 Å². The minimum atomic E-state index is -3.22. The molecule has 3 N–H and O–H groups in total. The van der Waals surface area contributed by atoms with Crippen molar-refractivity contribution < 1.29 is 18.2 Å². The number of hydrogen-bond acceptors (Lipinski definition) is 6. The van der Waals surface area contributed by atoms with Crippen molar-refractivity contribution in [3.05, 3.63) is 64.7 Å². The maximum atomic E-state index is 11.8. The molecule has 0 amide bonds. The van der Waals surface area contributed by atoms with Gasteiger partial charge in [-0.25, -0.2) is 8.99 Å². The first kappa shape index (κ1) is 22.4. The molecule has 0 aliphatic rings. The van der Waals surface area contributed by atoms with Crippen molar-refractivity contribution in [1.29, 1.82) is 4.78 Å². The van der Waals surface area contributed by atoms with E-state index in [4.69, 9.17) is 21.1 Å².